The van der Waals surface area contributed by atoms with Crippen LogP contribution in [0.5, 0.6) is 17.2 Å². The topological polar surface area (TPSA) is 137 Å². The van der Waals surface area contributed by atoms with Crippen LogP contribution in [0.3, 0.4) is 0 Å². The smallest absolute Gasteiger partial charge is 0.256 e. The maximum absolute atomic E-state index is 14.1. The number of primary amides is 1. The van der Waals surface area contributed by atoms with E-state index < -0.39 is 17.6 Å². The van der Waals surface area contributed by atoms with Gasteiger partial charge in [0, 0.05) is 39.5 Å². The number of anilines is 2. The number of hydrogen-bond acceptors (Lipinski definition) is 8. The Morgan fingerprint density at radius 1 is 1.06 bits per heavy atom. The van der Waals surface area contributed by atoms with Gasteiger partial charge in [-0.1, -0.05) is 13.3 Å². The number of carbonyl (C=O) groups excluding carboxylic acids is 2. The number of rotatable bonds is 7. The molecule has 1 amide bonds. The second-order valence-electron chi connectivity index (χ2n) is 9.76. The monoisotopic (exact) mass is 495 g/mol. The summed E-state index contributed by atoms with van der Waals surface area (Å²) in [7, 11) is 7.17. The van der Waals surface area contributed by atoms with Gasteiger partial charge in [-0.2, -0.15) is 0 Å². The third kappa shape index (κ3) is 3.79. The van der Waals surface area contributed by atoms with E-state index in [4.69, 9.17) is 10.5 Å². The summed E-state index contributed by atoms with van der Waals surface area (Å²) in [5.41, 5.74) is 8.33. The number of aliphatic hydroxyl groups is 1. The molecule has 0 radical (unpaired) electrons. The number of ether oxygens (including phenoxy) is 1. The van der Waals surface area contributed by atoms with Crippen LogP contribution in [0.25, 0.3) is 5.76 Å². The van der Waals surface area contributed by atoms with Crippen LogP contribution in [0.2, 0.25) is 0 Å². The molecule has 2 aliphatic carbocycles. The minimum absolute atomic E-state index is 0.0603. The third-order valence-corrected chi connectivity index (χ3v) is 6.96. The zero-order chi connectivity index (χ0) is 26.5. The molecule has 0 aromatic heterocycles. The molecule has 0 fully saturated rings. The maximum Gasteiger partial charge on any atom is 0.256 e. The van der Waals surface area contributed by atoms with Crippen LogP contribution in [0.1, 0.15) is 57.2 Å². The van der Waals surface area contributed by atoms with E-state index in [2.05, 4.69) is 0 Å². The van der Waals surface area contributed by atoms with Crippen molar-refractivity contribution < 1.29 is 29.6 Å². The molecule has 1 atom stereocenters. The predicted molar refractivity (Wildman–Crippen MR) is 139 cm³/mol. The fourth-order valence-corrected chi connectivity index (χ4v) is 5.40. The van der Waals surface area contributed by atoms with E-state index in [9.17, 15) is 24.9 Å². The third-order valence-electron chi connectivity index (χ3n) is 6.96. The molecule has 5 N–H and O–H groups in total. The van der Waals surface area contributed by atoms with E-state index in [0.29, 0.717) is 30.5 Å². The van der Waals surface area contributed by atoms with Gasteiger partial charge in [0.05, 0.1) is 23.4 Å². The number of nitrogens with two attached hydrogens (primary N) is 1. The molecule has 0 spiro atoms. The highest BCUT2D eigenvalue weighted by Crippen LogP contribution is 2.52. The van der Waals surface area contributed by atoms with Gasteiger partial charge in [0.2, 0.25) is 0 Å². The molecule has 2 aliphatic rings. The van der Waals surface area contributed by atoms with Crippen molar-refractivity contribution >= 4 is 28.8 Å². The van der Waals surface area contributed by atoms with E-state index in [0.717, 1.165) is 17.7 Å². The Kier molecular flexibility index (Phi) is 6.51. The summed E-state index contributed by atoms with van der Waals surface area (Å²) < 4.78 is 5.92. The Labute approximate surface area is 210 Å². The molecule has 36 heavy (non-hydrogen) atoms. The lowest BCUT2D eigenvalue weighted by atomic mass is 9.70. The van der Waals surface area contributed by atoms with E-state index in [1.54, 1.807) is 25.1 Å². The number of ketones is 1. The number of phenolic OH excluding ortho intramolecular Hbond substituents is 1. The van der Waals surface area contributed by atoms with Gasteiger partial charge in [0.15, 0.2) is 11.5 Å². The van der Waals surface area contributed by atoms with Crippen molar-refractivity contribution in [3.63, 3.8) is 0 Å². The van der Waals surface area contributed by atoms with Gasteiger partial charge in [-0.05, 0) is 48.4 Å². The molecule has 2 aromatic rings. The standard InChI is InChI=1S/C27H33N3O6/c1-6-7-10-36-26-20-15(22(30(4)5)25(34)21(26)27(28)35)12-13-11-14-16(29(2)3)8-9-17(31)19(14)23(32)18(13)24(20)33/h8-9,13,31-32,34H,6-7,10-12H2,1-5H3,(H2,28,35). The van der Waals surface area contributed by atoms with Crippen molar-refractivity contribution in [2.75, 3.05) is 44.6 Å². The van der Waals surface area contributed by atoms with Gasteiger partial charge in [-0.25, -0.2) is 0 Å². The summed E-state index contributed by atoms with van der Waals surface area (Å²) >= 11 is 0. The van der Waals surface area contributed by atoms with Crippen LogP contribution in [-0.2, 0) is 12.8 Å². The zero-order valence-electron chi connectivity index (χ0n) is 21.3. The molecule has 0 heterocycles. The first-order valence-corrected chi connectivity index (χ1v) is 12.0. The van der Waals surface area contributed by atoms with Gasteiger partial charge in [0.1, 0.15) is 22.8 Å². The number of allylic oxidation sites excluding steroid dienone is 1. The van der Waals surface area contributed by atoms with Crippen LogP contribution in [0.15, 0.2) is 17.7 Å². The molecule has 4 rings (SSSR count). The number of unbranched alkanes of at least 4 members (excludes halogenated alkanes) is 1. The Morgan fingerprint density at radius 2 is 1.72 bits per heavy atom. The number of aliphatic hydroxyl groups excluding tert-OH is 1. The minimum Gasteiger partial charge on any atom is -0.507 e. The Balaban J connectivity index is 2.03. The number of carbonyl (C=O) groups is 2. The average Bonchev–Trinajstić information content (AvgIpc) is 2.78. The first kappa shape index (κ1) is 25.2. The number of fused-ring (bicyclic) bond motifs is 3. The summed E-state index contributed by atoms with van der Waals surface area (Å²) in [4.78, 5) is 30.1. The summed E-state index contributed by atoms with van der Waals surface area (Å²) in [5.74, 6) is -2.61. The van der Waals surface area contributed by atoms with Crippen molar-refractivity contribution in [2.45, 2.75) is 32.6 Å². The van der Waals surface area contributed by atoms with Gasteiger partial charge >= 0.3 is 0 Å². The number of benzene rings is 2. The number of Topliss-reactive ketones (excluding diaryl/α,β-unsaturated/α-hetero) is 1. The van der Waals surface area contributed by atoms with Crippen LogP contribution < -0.4 is 20.3 Å². The number of aromatic hydroxyl groups is 2. The van der Waals surface area contributed by atoms with Crippen molar-refractivity contribution in [3.8, 4) is 17.2 Å². The summed E-state index contributed by atoms with van der Waals surface area (Å²) in [6.07, 6.45) is 2.20. The second kappa shape index (κ2) is 9.29. The van der Waals surface area contributed by atoms with Crippen LogP contribution in [0, 0.1) is 5.92 Å². The van der Waals surface area contributed by atoms with Crippen LogP contribution >= 0.6 is 0 Å². The van der Waals surface area contributed by atoms with Crippen molar-refractivity contribution in [3.05, 3.63) is 45.5 Å². The highest BCUT2D eigenvalue weighted by Gasteiger charge is 2.44. The SMILES string of the molecule is CCCCOc1c(C(N)=O)c(O)c(N(C)C)c2c1C(=O)C1=C(O)c3c(O)ccc(N(C)C)c3CC1C2. The van der Waals surface area contributed by atoms with Crippen LogP contribution in [0.4, 0.5) is 11.4 Å². The van der Waals surface area contributed by atoms with Crippen LogP contribution in [-0.4, -0.2) is 61.8 Å². The first-order valence-electron chi connectivity index (χ1n) is 12.0. The fourth-order valence-electron chi connectivity index (χ4n) is 5.40. The predicted octanol–water partition coefficient (Wildman–Crippen LogP) is 3.39. The lowest BCUT2D eigenvalue weighted by Crippen LogP contribution is -2.33. The quantitative estimate of drug-likeness (QED) is 0.429. The van der Waals surface area contributed by atoms with Gasteiger partial charge in [-0.3, -0.25) is 9.59 Å². The molecule has 0 aliphatic heterocycles. The van der Waals surface area contributed by atoms with E-state index in [1.807, 2.05) is 25.9 Å². The lowest BCUT2D eigenvalue weighted by Gasteiger charge is -2.36. The minimum atomic E-state index is -0.916. The fraction of sp³-hybridized carbons (Fsp3) is 0.407. The molecule has 0 saturated carbocycles. The molecular formula is C27H33N3O6. The molecule has 0 saturated heterocycles. The molecule has 9 nitrogen and oxygen atoms in total. The first-order chi connectivity index (χ1) is 17.0. The van der Waals surface area contributed by atoms with Gasteiger partial charge in [-0.15, -0.1) is 0 Å². The largest absolute Gasteiger partial charge is 0.507 e. The van der Waals surface area contributed by atoms with Gasteiger partial charge < -0.3 is 35.6 Å². The van der Waals surface area contributed by atoms with E-state index in [1.165, 1.54) is 6.07 Å². The maximum atomic E-state index is 14.1. The highest BCUT2D eigenvalue weighted by molar-refractivity contribution is 6.20. The molecule has 1 unspecified atom stereocenters. The summed E-state index contributed by atoms with van der Waals surface area (Å²) in [6.45, 7) is 2.20. The normalized spacial score (nSPS) is 16.2. The molecule has 9 heteroatoms. The Hall–Kier alpha value is -3.88. The van der Waals surface area contributed by atoms with Gasteiger partial charge in [0.25, 0.3) is 5.91 Å². The molecule has 192 valence electrons. The van der Waals surface area contributed by atoms with E-state index >= 15 is 0 Å². The number of hydrogen-bond donors (Lipinski definition) is 4. The Bertz CT molecular complexity index is 1300. The number of amides is 1. The lowest BCUT2D eigenvalue weighted by molar-refractivity contribution is 0.0992. The Morgan fingerprint density at radius 3 is 2.31 bits per heavy atom. The zero-order valence-corrected chi connectivity index (χ0v) is 21.3. The number of nitrogens with zero attached hydrogens (tertiary/aromatic N) is 2. The second-order valence-corrected chi connectivity index (χ2v) is 9.76. The number of phenols is 2. The summed E-state index contributed by atoms with van der Waals surface area (Å²) in [5, 5.41) is 33.1. The van der Waals surface area contributed by atoms with Crippen molar-refractivity contribution in [1.82, 2.24) is 0 Å². The molecule has 2 aromatic carbocycles. The van der Waals surface area contributed by atoms with Crippen molar-refractivity contribution in [2.24, 2.45) is 11.7 Å². The highest BCUT2D eigenvalue weighted by atomic mass is 16.5. The average molecular weight is 496 g/mol. The molecule has 0 bridgehead atoms. The molecular weight excluding hydrogens is 462 g/mol. The summed E-state index contributed by atoms with van der Waals surface area (Å²) in [6, 6.07) is 3.28. The van der Waals surface area contributed by atoms with E-state index in [-0.39, 0.29) is 51.9 Å². The van der Waals surface area contributed by atoms with Crippen molar-refractivity contribution in [1.29, 1.82) is 0 Å².